The molecule has 6 heteroatoms. The number of aromatic nitrogens is 1. The largest absolute Gasteiger partial charge is 0.360 e. The number of nitrogens with zero attached hydrogens (tertiary/aromatic N) is 2. The van der Waals surface area contributed by atoms with Gasteiger partial charge in [-0.1, -0.05) is 0 Å². The Hall–Kier alpha value is -1.17. The molecule has 0 saturated carbocycles. The fraction of sp³-hybridized carbons (Fsp3) is 0.500. The third-order valence-corrected chi connectivity index (χ3v) is 2.72. The summed E-state index contributed by atoms with van der Waals surface area (Å²) in [5.74, 6) is 0.304. The maximum atomic E-state index is 11.0. The topological polar surface area (TPSA) is 68.1 Å². The Morgan fingerprint density at radius 1 is 1.50 bits per heavy atom. The normalized spacial score (nSPS) is 11.3. The number of rotatable bonds is 2. The van der Waals surface area contributed by atoms with Gasteiger partial charge in [-0.2, -0.15) is 0 Å². The van der Waals surface area contributed by atoms with E-state index in [-0.39, 0.29) is 11.2 Å². The molecule has 1 aromatic rings. The molecule has 0 radical (unpaired) electrons. The van der Waals surface area contributed by atoms with Gasteiger partial charge in [-0.15, -0.1) is 0 Å². The standard InChI is InChI=1S/C10H14BrN3O2/c1-6-7(11)5-12-9(8(6)14(15)16)13-10(2,3)4/h5H,1-4H3,(H,12,13). The summed E-state index contributed by atoms with van der Waals surface area (Å²) in [6.45, 7) is 7.47. The van der Waals surface area contributed by atoms with Gasteiger partial charge in [0.2, 0.25) is 5.82 Å². The van der Waals surface area contributed by atoms with Crippen molar-refractivity contribution in [1.82, 2.24) is 4.98 Å². The quantitative estimate of drug-likeness (QED) is 0.670. The summed E-state index contributed by atoms with van der Waals surface area (Å²) < 4.78 is 0.638. The number of halogens is 1. The SMILES string of the molecule is Cc1c(Br)cnc(NC(C)(C)C)c1[N+](=O)[O-]. The molecule has 0 saturated heterocycles. The van der Waals surface area contributed by atoms with Crippen molar-refractivity contribution in [3.63, 3.8) is 0 Å². The predicted octanol–water partition coefficient (Wildman–Crippen LogP) is 3.27. The van der Waals surface area contributed by atoms with Crippen LogP contribution in [0.4, 0.5) is 11.5 Å². The third kappa shape index (κ3) is 2.91. The van der Waals surface area contributed by atoms with Crippen molar-refractivity contribution in [2.75, 3.05) is 5.32 Å². The molecule has 0 atom stereocenters. The summed E-state index contributed by atoms with van der Waals surface area (Å²) in [5, 5.41) is 14.0. The van der Waals surface area contributed by atoms with Gasteiger partial charge in [0.1, 0.15) is 0 Å². The second kappa shape index (κ2) is 4.37. The van der Waals surface area contributed by atoms with Crippen molar-refractivity contribution in [2.45, 2.75) is 33.2 Å². The molecule has 1 rings (SSSR count). The summed E-state index contributed by atoms with van der Waals surface area (Å²) in [6.07, 6.45) is 1.57. The molecule has 1 aromatic heterocycles. The summed E-state index contributed by atoms with van der Waals surface area (Å²) in [6, 6.07) is 0. The van der Waals surface area contributed by atoms with Crippen LogP contribution in [-0.2, 0) is 0 Å². The van der Waals surface area contributed by atoms with Crippen molar-refractivity contribution in [3.05, 3.63) is 26.3 Å². The van der Waals surface area contributed by atoms with Gasteiger partial charge >= 0.3 is 5.69 Å². The maximum Gasteiger partial charge on any atom is 0.315 e. The minimum atomic E-state index is -0.416. The smallest absolute Gasteiger partial charge is 0.315 e. The van der Waals surface area contributed by atoms with E-state index in [9.17, 15) is 10.1 Å². The van der Waals surface area contributed by atoms with Crippen LogP contribution < -0.4 is 5.32 Å². The van der Waals surface area contributed by atoms with Gasteiger partial charge in [0, 0.05) is 21.8 Å². The van der Waals surface area contributed by atoms with Crippen LogP contribution in [0.25, 0.3) is 0 Å². The zero-order valence-electron chi connectivity index (χ0n) is 9.67. The van der Waals surface area contributed by atoms with E-state index in [1.54, 1.807) is 13.1 Å². The number of pyridine rings is 1. The van der Waals surface area contributed by atoms with E-state index in [0.29, 0.717) is 15.9 Å². The van der Waals surface area contributed by atoms with E-state index < -0.39 is 4.92 Å². The van der Waals surface area contributed by atoms with Crippen molar-refractivity contribution < 1.29 is 4.92 Å². The lowest BCUT2D eigenvalue weighted by Crippen LogP contribution is -2.27. The molecule has 5 nitrogen and oxygen atoms in total. The molecule has 0 fully saturated rings. The predicted molar refractivity (Wildman–Crippen MR) is 66.7 cm³/mol. The van der Waals surface area contributed by atoms with Crippen LogP contribution in [-0.4, -0.2) is 15.4 Å². The van der Waals surface area contributed by atoms with Gasteiger partial charge < -0.3 is 5.32 Å². The Bertz CT molecular complexity index is 427. The summed E-state index contributed by atoms with van der Waals surface area (Å²) in [5.41, 5.74) is 0.328. The Balaban J connectivity index is 3.29. The highest BCUT2D eigenvalue weighted by molar-refractivity contribution is 9.10. The maximum absolute atomic E-state index is 11.0. The second-order valence-electron chi connectivity index (χ2n) is 4.56. The fourth-order valence-electron chi connectivity index (χ4n) is 1.24. The molecule has 1 N–H and O–H groups in total. The Morgan fingerprint density at radius 3 is 2.50 bits per heavy atom. The van der Waals surface area contributed by atoms with Crippen LogP contribution in [0.5, 0.6) is 0 Å². The lowest BCUT2D eigenvalue weighted by atomic mass is 10.1. The van der Waals surface area contributed by atoms with Crippen LogP contribution in [0.2, 0.25) is 0 Å². The van der Waals surface area contributed by atoms with E-state index in [4.69, 9.17) is 0 Å². The van der Waals surface area contributed by atoms with E-state index in [2.05, 4.69) is 26.2 Å². The zero-order valence-corrected chi connectivity index (χ0v) is 11.3. The van der Waals surface area contributed by atoms with Gasteiger partial charge in [-0.25, -0.2) is 4.98 Å². The zero-order chi connectivity index (χ0) is 12.5. The number of nitro groups is 1. The fourth-order valence-corrected chi connectivity index (χ4v) is 1.53. The second-order valence-corrected chi connectivity index (χ2v) is 5.41. The first-order valence-corrected chi connectivity index (χ1v) is 5.59. The molecular weight excluding hydrogens is 274 g/mol. The average molecular weight is 288 g/mol. The van der Waals surface area contributed by atoms with Crippen molar-refractivity contribution in [2.24, 2.45) is 0 Å². The summed E-state index contributed by atoms with van der Waals surface area (Å²) in [7, 11) is 0. The highest BCUT2D eigenvalue weighted by Crippen LogP contribution is 2.32. The van der Waals surface area contributed by atoms with E-state index in [0.717, 1.165) is 0 Å². The number of hydrogen-bond donors (Lipinski definition) is 1. The minimum Gasteiger partial charge on any atom is -0.360 e. The van der Waals surface area contributed by atoms with Gasteiger partial charge in [0.25, 0.3) is 0 Å². The van der Waals surface area contributed by atoms with Crippen molar-refractivity contribution >= 4 is 27.4 Å². The number of nitrogens with one attached hydrogen (secondary N) is 1. The lowest BCUT2D eigenvalue weighted by molar-refractivity contribution is -0.384. The Labute approximate surface area is 103 Å². The molecule has 0 aliphatic carbocycles. The monoisotopic (exact) mass is 287 g/mol. The summed E-state index contributed by atoms with van der Waals surface area (Å²) in [4.78, 5) is 14.6. The van der Waals surface area contributed by atoms with Crippen LogP contribution in [0.1, 0.15) is 26.3 Å². The molecule has 0 spiro atoms. The van der Waals surface area contributed by atoms with Crippen LogP contribution >= 0.6 is 15.9 Å². The van der Waals surface area contributed by atoms with Crippen LogP contribution in [0.15, 0.2) is 10.7 Å². The summed E-state index contributed by atoms with van der Waals surface area (Å²) >= 11 is 3.23. The van der Waals surface area contributed by atoms with Crippen LogP contribution in [0.3, 0.4) is 0 Å². The number of anilines is 1. The van der Waals surface area contributed by atoms with Gasteiger partial charge in [-0.05, 0) is 43.6 Å². The molecule has 0 aliphatic rings. The highest BCUT2D eigenvalue weighted by Gasteiger charge is 2.24. The van der Waals surface area contributed by atoms with Gasteiger partial charge in [0.15, 0.2) is 0 Å². The average Bonchev–Trinajstić information content (AvgIpc) is 2.08. The van der Waals surface area contributed by atoms with E-state index in [1.807, 2.05) is 20.8 Å². The third-order valence-electron chi connectivity index (χ3n) is 1.92. The first kappa shape index (κ1) is 12.9. The van der Waals surface area contributed by atoms with Crippen molar-refractivity contribution in [3.8, 4) is 0 Å². The van der Waals surface area contributed by atoms with E-state index in [1.165, 1.54) is 0 Å². The van der Waals surface area contributed by atoms with Gasteiger partial charge in [-0.3, -0.25) is 10.1 Å². The molecule has 0 aromatic carbocycles. The minimum absolute atomic E-state index is 0.0179. The number of hydrogen-bond acceptors (Lipinski definition) is 4. The van der Waals surface area contributed by atoms with Crippen molar-refractivity contribution in [1.29, 1.82) is 0 Å². The molecule has 1 heterocycles. The molecule has 0 unspecified atom stereocenters. The lowest BCUT2D eigenvalue weighted by Gasteiger charge is -2.21. The molecule has 0 amide bonds. The molecular formula is C10H14BrN3O2. The van der Waals surface area contributed by atoms with Crippen LogP contribution in [0, 0.1) is 17.0 Å². The highest BCUT2D eigenvalue weighted by atomic mass is 79.9. The van der Waals surface area contributed by atoms with E-state index >= 15 is 0 Å². The molecule has 0 aliphatic heterocycles. The molecule has 88 valence electrons. The Kier molecular flexibility index (Phi) is 3.52. The Morgan fingerprint density at radius 2 is 2.06 bits per heavy atom. The molecule has 0 bridgehead atoms. The first-order chi connectivity index (χ1) is 7.22. The molecule has 16 heavy (non-hydrogen) atoms. The first-order valence-electron chi connectivity index (χ1n) is 4.80. The van der Waals surface area contributed by atoms with Gasteiger partial charge in [0.05, 0.1) is 4.92 Å².